The quantitative estimate of drug-likeness (QED) is 0.465. The fourth-order valence-corrected chi connectivity index (χ4v) is 1.51. The lowest BCUT2D eigenvalue weighted by atomic mass is 10.1. The van der Waals surface area contributed by atoms with Crippen molar-refractivity contribution in [3.05, 3.63) is 0 Å². The van der Waals surface area contributed by atoms with Crippen molar-refractivity contribution >= 4 is 0 Å². The Balaban J connectivity index is 2.41. The Hall–Kier alpha value is -0.0800. The van der Waals surface area contributed by atoms with Gasteiger partial charge in [-0.25, -0.2) is 0 Å². The zero-order chi connectivity index (χ0) is 6.91. The van der Waals surface area contributed by atoms with Gasteiger partial charge in [0.1, 0.15) is 12.6 Å². The van der Waals surface area contributed by atoms with Crippen LogP contribution in [0.2, 0.25) is 0 Å². The molecular weight excluding hydrogens is 114 g/mol. The number of quaternary nitrogens is 1. The molecule has 0 radical (unpaired) electrons. The number of hydrogen-bond donors (Lipinski definition) is 1. The molecule has 9 heavy (non-hydrogen) atoms. The smallest absolute Gasteiger partial charge is 0.105 e. The number of piperidine rings is 1. The van der Waals surface area contributed by atoms with Gasteiger partial charge in [-0.1, -0.05) is 0 Å². The van der Waals surface area contributed by atoms with Gasteiger partial charge in [-0.3, -0.25) is 0 Å². The van der Waals surface area contributed by atoms with Crippen molar-refractivity contribution in [3.8, 4) is 0 Å². The number of nitrogens with zero attached hydrogens (tertiary/aromatic N) is 1. The van der Waals surface area contributed by atoms with E-state index in [1.807, 2.05) is 0 Å². The van der Waals surface area contributed by atoms with Crippen molar-refractivity contribution < 1.29 is 9.59 Å². The highest BCUT2D eigenvalue weighted by atomic mass is 16.3. The molecule has 0 aromatic rings. The summed E-state index contributed by atoms with van der Waals surface area (Å²) in [5.41, 5.74) is 0. The van der Waals surface area contributed by atoms with Crippen LogP contribution in [0.3, 0.4) is 0 Å². The van der Waals surface area contributed by atoms with Crippen molar-refractivity contribution in [2.75, 3.05) is 27.2 Å². The van der Waals surface area contributed by atoms with E-state index in [0.29, 0.717) is 0 Å². The highest BCUT2D eigenvalue weighted by Gasteiger charge is 2.24. The molecule has 0 aromatic heterocycles. The van der Waals surface area contributed by atoms with E-state index in [9.17, 15) is 5.11 Å². The summed E-state index contributed by atoms with van der Waals surface area (Å²) in [6.45, 7) is 2.15. The molecule has 0 saturated carbocycles. The fourth-order valence-electron chi connectivity index (χ4n) is 1.51. The first-order chi connectivity index (χ1) is 4.10. The second kappa shape index (κ2) is 2.27. The minimum absolute atomic E-state index is 0.0475. The van der Waals surface area contributed by atoms with Crippen LogP contribution in [0.15, 0.2) is 0 Å². The van der Waals surface area contributed by atoms with Gasteiger partial charge in [0.05, 0.1) is 20.6 Å². The molecule has 0 amide bonds. The third kappa shape index (κ3) is 1.95. The number of rotatable bonds is 0. The summed E-state index contributed by atoms with van der Waals surface area (Å²) in [4.78, 5) is 0. The molecule has 1 rings (SSSR count). The van der Waals surface area contributed by atoms with Gasteiger partial charge in [0.15, 0.2) is 0 Å². The van der Waals surface area contributed by atoms with Gasteiger partial charge < -0.3 is 9.59 Å². The van der Waals surface area contributed by atoms with Crippen molar-refractivity contribution in [2.24, 2.45) is 0 Å². The molecule has 54 valence electrons. The van der Waals surface area contributed by atoms with E-state index in [-0.39, 0.29) is 6.10 Å². The predicted molar refractivity (Wildman–Crippen MR) is 37.1 cm³/mol. The van der Waals surface area contributed by atoms with E-state index >= 15 is 0 Å². The monoisotopic (exact) mass is 130 g/mol. The van der Waals surface area contributed by atoms with Gasteiger partial charge in [-0.05, 0) is 12.8 Å². The molecule has 1 saturated heterocycles. The van der Waals surface area contributed by atoms with Gasteiger partial charge in [0, 0.05) is 0 Å². The maximum Gasteiger partial charge on any atom is 0.105 e. The lowest BCUT2D eigenvalue weighted by Crippen LogP contribution is -2.49. The summed E-state index contributed by atoms with van der Waals surface area (Å²) < 4.78 is 0.987. The number of aliphatic hydroxyl groups is 1. The molecule has 0 aliphatic carbocycles. The van der Waals surface area contributed by atoms with Crippen LogP contribution in [-0.2, 0) is 0 Å². The van der Waals surface area contributed by atoms with Crippen molar-refractivity contribution in [1.29, 1.82) is 0 Å². The van der Waals surface area contributed by atoms with E-state index in [2.05, 4.69) is 14.1 Å². The van der Waals surface area contributed by atoms with Crippen LogP contribution >= 0.6 is 0 Å². The molecule has 1 N–H and O–H groups in total. The summed E-state index contributed by atoms with van der Waals surface area (Å²) in [5.74, 6) is 0. The van der Waals surface area contributed by atoms with Crippen LogP contribution < -0.4 is 0 Å². The molecule has 1 aliphatic heterocycles. The Bertz CT molecular complexity index is 101. The van der Waals surface area contributed by atoms with Crippen LogP contribution in [0.4, 0.5) is 0 Å². The van der Waals surface area contributed by atoms with Crippen LogP contribution in [-0.4, -0.2) is 42.9 Å². The first-order valence-electron chi connectivity index (χ1n) is 3.60. The third-order valence-corrected chi connectivity index (χ3v) is 2.01. The van der Waals surface area contributed by atoms with Crippen LogP contribution in [0.1, 0.15) is 12.8 Å². The maximum atomic E-state index is 9.23. The highest BCUT2D eigenvalue weighted by molar-refractivity contribution is 4.59. The van der Waals surface area contributed by atoms with E-state index in [1.165, 1.54) is 13.0 Å². The fraction of sp³-hybridized carbons (Fsp3) is 1.00. The van der Waals surface area contributed by atoms with E-state index < -0.39 is 0 Å². The average molecular weight is 130 g/mol. The molecule has 0 spiro atoms. The van der Waals surface area contributed by atoms with E-state index in [4.69, 9.17) is 0 Å². The minimum atomic E-state index is -0.0475. The predicted octanol–water partition coefficient (Wildman–Crippen LogP) is 0.218. The normalized spacial score (nSPS) is 34.3. The summed E-state index contributed by atoms with van der Waals surface area (Å²) >= 11 is 0. The highest BCUT2D eigenvalue weighted by Crippen LogP contribution is 2.13. The average Bonchev–Trinajstić information content (AvgIpc) is 1.60. The van der Waals surface area contributed by atoms with Crippen molar-refractivity contribution in [2.45, 2.75) is 18.9 Å². The second-order valence-electron chi connectivity index (χ2n) is 3.64. The number of aliphatic hydroxyl groups excluding tert-OH is 1. The molecule has 1 unspecified atom stereocenters. The molecule has 2 nitrogen and oxygen atoms in total. The third-order valence-electron chi connectivity index (χ3n) is 2.01. The molecule has 1 heterocycles. The van der Waals surface area contributed by atoms with Crippen molar-refractivity contribution in [3.63, 3.8) is 0 Å². The Kier molecular flexibility index (Phi) is 1.78. The Morgan fingerprint density at radius 3 is 2.44 bits per heavy atom. The van der Waals surface area contributed by atoms with Gasteiger partial charge >= 0.3 is 0 Å². The summed E-state index contributed by atoms with van der Waals surface area (Å²) in [5, 5.41) is 9.23. The summed E-state index contributed by atoms with van der Waals surface area (Å²) in [6, 6.07) is 0. The first kappa shape index (κ1) is 7.03. The SMILES string of the molecule is C[N+]1(C)CCCC(O)C1. The zero-order valence-electron chi connectivity index (χ0n) is 6.30. The van der Waals surface area contributed by atoms with Crippen LogP contribution in [0, 0.1) is 0 Å². The Morgan fingerprint density at radius 1 is 1.44 bits per heavy atom. The lowest BCUT2D eigenvalue weighted by molar-refractivity contribution is -0.898. The molecule has 0 aromatic carbocycles. The Morgan fingerprint density at radius 2 is 2.11 bits per heavy atom. The molecule has 1 fully saturated rings. The number of hydrogen-bond acceptors (Lipinski definition) is 1. The second-order valence-corrected chi connectivity index (χ2v) is 3.64. The molecule has 2 heteroatoms. The van der Waals surface area contributed by atoms with Gasteiger partial charge in [0.25, 0.3) is 0 Å². The maximum absolute atomic E-state index is 9.23. The molecule has 1 atom stereocenters. The molecule has 1 aliphatic rings. The summed E-state index contributed by atoms with van der Waals surface area (Å²) in [7, 11) is 4.34. The van der Waals surface area contributed by atoms with Gasteiger partial charge in [-0.2, -0.15) is 0 Å². The minimum Gasteiger partial charge on any atom is -0.387 e. The largest absolute Gasteiger partial charge is 0.387 e. The number of likely N-dealkylation sites (tertiary alicyclic amines) is 1. The first-order valence-corrected chi connectivity index (χ1v) is 3.60. The van der Waals surface area contributed by atoms with Crippen LogP contribution in [0.5, 0.6) is 0 Å². The lowest BCUT2D eigenvalue weighted by Gasteiger charge is -2.35. The number of likely N-dealkylation sites (N-methyl/N-ethyl adjacent to an activating group) is 1. The molecule has 0 bridgehead atoms. The van der Waals surface area contributed by atoms with Gasteiger partial charge in [-0.15, -0.1) is 0 Å². The van der Waals surface area contributed by atoms with Crippen molar-refractivity contribution in [1.82, 2.24) is 0 Å². The van der Waals surface area contributed by atoms with E-state index in [0.717, 1.165) is 17.4 Å². The Labute approximate surface area is 56.7 Å². The topological polar surface area (TPSA) is 20.2 Å². The van der Waals surface area contributed by atoms with E-state index in [1.54, 1.807) is 0 Å². The summed E-state index contributed by atoms with van der Waals surface area (Å²) in [6.07, 6.45) is 2.13. The standard InChI is InChI=1S/C7H16NO/c1-8(2)5-3-4-7(9)6-8/h7,9H,3-6H2,1-2H3/q+1. The molecular formula is C7H16NO+. The zero-order valence-corrected chi connectivity index (χ0v) is 6.30. The van der Waals surface area contributed by atoms with Crippen LogP contribution in [0.25, 0.3) is 0 Å². The van der Waals surface area contributed by atoms with Gasteiger partial charge in [0.2, 0.25) is 0 Å².